The van der Waals surface area contributed by atoms with Crippen LogP contribution in [0.25, 0.3) is 0 Å². The number of hydrogen-bond acceptors (Lipinski definition) is 5. The van der Waals surface area contributed by atoms with E-state index < -0.39 is 0 Å². The van der Waals surface area contributed by atoms with Crippen LogP contribution in [-0.2, 0) is 0 Å². The molecule has 2 heterocycles. The predicted octanol–water partition coefficient (Wildman–Crippen LogP) is 1.66. The predicted molar refractivity (Wildman–Crippen MR) is 89.1 cm³/mol. The van der Waals surface area contributed by atoms with Crippen molar-refractivity contribution in [3.8, 4) is 5.88 Å². The first-order valence-corrected chi connectivity index (χ1v) is 8.42. The molecule has 1 saturated heterocycles. The van der Waals surface area contributed by atoms with E-state index in [1.807, 2.05) is 13.8 Å². The van der Waals surface area contributed by atoms with E-state index in [0.717, 1.165) is 19.5 Å². The van der Waals surface area contributed by atoms with Gasteiger partial charge in [-0.25, -0.2) is 4.98 Å². The number of ether oxygens (including phenoxy) is 1. The van der Waals surface area contributed by atoms with Crippen molar-refractivity contribution in [1.29, 1.82) is 0 Å². The zero-order valence-electron chi connectivity index (χ0n) is 13.7. The number of β-amino-alcohol motifs (C(OH)–C–C–N with tert-alkyl or cyclic N) is 1. The molecule has 0 bridgehead atoms. The van der Waals surface area contributed by atoms with E-state index in [1.54, 1.807) is 17.0 Å². The van der Waals surface area contributed by atoms with Gasteiger partial charge in [-0.05, 0) is 19.4 Å². The number of carbonyl (C=O) groups excluding carboxylic acids is 1. The van der Waals surface area contributed by atoms with Gasteiger partial charge in [0.25, 0.3) is 5.91 Å². The standard InChI is InChI=1S/C16H24ClN3O3/c1-3-12(21)11-19-7-9-20(10-8-19)16(22)15-13(17)5-6-14(18-15)23-4-2/h5-6,12,21H,3-4,7-11H2,1-2H3. The second-order valence-electron chi connectivity index (χ2n) is 5.57. The van der Waals surface area contributed by atoms with Crippen molar-refractivity contribution < 1.29 is 14.6 Å². The molecular weight excluding hydrogens is 318 g/mol. The van der Waals surface area contributed by atoms with Gasteiger partial charge in [-0.15, -0.1) is 0 Å². The summed E-state index contributed by atoms with van der Waals surface area (Å²) in [5.41, 5.74) is 0.236. The number of hydrogen-bond donors (Lipinski definition) is 1. The summed E-state index contributed by atoms with van der Waals surface area (Å²) in [7, 11) is 0. The van der Waals surface area contributed by atoms with Crippen molar-refractivity contribution in [1.82, 2.24) is 14.8 Å². The maximum Gasteiger partial charge on any atom is 0.274 e. The van der Waals surface area contributed by atoms with Crippen LogP contribution >= 0.6 is 11.6 Å². The van der Waals surface area contributed by atoms with Gasteiger partial charge < -0.3 is 14.7 Å². The molecule has 0 spiro atoms. The van der Waals surface area contributed by atoms with Gasteiger partial charge in [0.05, 0.1) is 17.7 Å². The maximum absolute atomic E-state index is 12.6. The molecule has 1 aromatic rings. The fourth-order valence-electron chi connectivity index (χ4n) is 2.51. The number of aliphatic hydroxyl groups is 1. The van der Waals surface area contributed by atoms with Crippen LogP contribution in [0, 0.1) is 0 Å². The average Bonchev–Trinajstić information content (AvgIpc) is 2.57. The molecule has 1 aliphatic rings. The molecule has 0 saturated carbocycles. The lowest BCUT2D eigenvalue weighted by atomic mass is 10.2. The van der Waals surface area contributed by atoms with Crippen molar-refractivity contribution in [3.05, 3.63) is 22.8 Å². The lowest BCUT2D eigenvalue weighted by Crippen LogP contribution is -2.50. The number of amides is 1. The monoisotopic (exact) mass is 341 g/mol. The fourth-order valence-corrected chi connectivity index (χ4v) is 2.70. The van der Waals surface area contributed by atoms with E-state index >= 15 is 0 Å². The van der Waals surface area contributed by atoms with Gasteiger partial charge in [0, 0.05) is 38.8 Å². The van der Waals surface area contributed by atoms with Crippen LogP contribution in [-0.4, -0.2) is 71.2 Å². The first-order chi connectivity index (χ1) is 11.0. The average molecular weight is 342 g/mol. The first kappa shape index (κ1) is 18.0. The summed E-state index contributed by atoms with van der Waals surface area (Å²) >= 11 is 6.12. The van der Waals surface area contributed by atoms with Crippen LogP contribution in [0.5, 0.6) is 5.88 Å². The van der Waals surface area contributed by atoms with E-state index in [9.17, 15) is 9.90 Å². The third-order valence-electron chi connectivity index (χ3n) is 3.91. The fraction of sp³-hybridized carbons (Fsp3) is 0.625. The van der Waals surface area contributed by atoms with Crippen molar-refractivity contribution in [2.45, 2.75) is 26.4 Å². The molecule has 7 heteroatoms. The zero-order chi connectivity index (χ0) is 16.8. The molecule has 1 unspecified atom stereocenters. The number of piperazine rings is 1. The van der Waals surface area contributed by atoms with Crippen LogP contribution in [0.2, 0.25) is 5.02 Å². The quantitative estimate of drug-likeness (QED) is 0.852. The van der Waals surface area contributed by atoms with Gasteiger partial charge in [-0.2, -0.15) is 0 Å². The number of aromatic nitrogens is 1. The molecule has 1 atom stereocenters. The Morgan fingerprint density at radius 3 is 2.65 bits per heavy atom. The van der Waals surface area contributed by atoms with Gasteiger partial charge >= 0.3 is 0 Å². The molecule has 1 aromatic heterocycles. The van der Waals surface area contributed by atoms with Crippen molar-refractivity contribution >= 4 is 17.5 Å². The summed E-state index contributed by atoms with van der Waals surface area (Å²) in [6.45, 7) is 7.65. The van der Waals surface area contributed by atoms with Crippen LogP contribution < -0.4 is 4.74 Å². The number of carbonyl (C=O) groups is 1. The van der Waals surface area contributed by atoms with Crippen LogP contribution in [0.15, 0.2) is 12.1 Å². The second-order valence-corrected chi connectivity index (χ2v) is 5.98. The zero-order valence-corrected chi connectivity index (χ0v) is 14.4. The number of rotatable bonds is 6. The van der Waals surface area contributed by atoms with Crippen LogP contribution in [0.3, 0.4) is 0 Å². The third-order valence-corrected chi connectivity index (χ3v) is 4.22. The molecule has 1 aliphatic heterocycles. The molecule has 128 valence electrons. The van der Waals surface area contributed by atoms with Gasteiger partial charge in [-0.1, -0.05) is 18.5 Å². The minimum Gasteiger partial charge on any atom is -0.478 e. The first-order valence-electron chi connectivity index (χ1n) is 8.04. The number of pyridine rings is 1. The molecule has 1 amide bonds. The van der Waals surface area contributed by atoms with Gasteiger partial charge in [0.2, 0.25) is 5.88 Å². The van der Waals surface area contributed by atoms with Crippen LogP contribution in [0.1, 0.15) is 30.8 Å². The summed E-state index contributed by atoms with van der Waals surface area (Å²) in [5, 5.41) is 10.1. The summed E-state index contributed by atoms with van der Waals surface area (Å²) in [6.07, 6.45) is 0.430. The summed E-state index contributed by atoms with van der Waals surface area (Å²) < 4.78 is 5.34. The van der Waals surface area contributed by atoms with Crippen molar-refractivity contribution in [2.75, 3.05) is 39.3 Å². The SMILES string of the molecule is CCOc1ccc(Cl)c(C(=O)N2CCN(CC(O)CC)CC2)n1. The minimum absolute atomic E-state index is 0.174. The Bertz CT molecular complexity index is 533. The highest BCUT2D eigenvalue weighted by molar-refractivity contribution is 6.33. The van der Waals surface area contributed by atoms with Crippen LogP contribution in [0.4, 0.5) is 0 Å². The van der Waals surface area contributed by atoms with Gasteiger partial charge in [-0.3, -0.25) is 9.69 Å². The Hall–Kier alpha value is -1.37. The van der Waals surface area contributed by atoms with E-state index in [4.69, 9.17) is 16.3 Å². The van der Waals surface area contributed by atoms with E-state index in [0.29, 0.717) is 37.1 Å². The normalized spacial score (nSPS) is 17.1. The molecule has 1 N–H and O–H groups in total. The summed E-state index contributed by atoms with van der Waals surface area (Å²) in [6, 6.07) is 3.30. The molecule has 6 nitrogen and oxygen atoms in total. The Labute approximate surface area is 142 Å². The van der Waals surface area contributed by atoms with Crippen molar-refractivity contribution in [3.63, 3.8) is 0 Å². The molecule has 0 aromatic carbocycles. The van der Waals surface area contributed by atoms with E-state index in [-0.39, 0.29) is 17.7 Å². The van der Waals surface area contributed by atoms with Gasteiger partial charge in [0.15, 0.2) is 5.69 Å². The molecule has 2 rings (SSSR count). The Morgan fingerprint density at radius 1 is 1.35 bits per heavy atom. The van der Waals surface area contributed by atoms with Crippen molar-refractivity contribution in [2.24, 2.45) is 0 Å². The minimum atomic E-state index is -0.309. The number of aliphatic hydroxyl groups excluding tert-OH is 1. The second kappa shape index (κ2) is 8.47. The summed E-state index contributed by atoms with van der Waals surface area (Å²) in [4.78, 5) is 20.8. The van der Waals surface area contributed by atoms with E-state index in [1.165, 1.54) is 0 Å². The topological polar surface area (TPSA) is 65.9 Å². The van der Waals surface area contributed by atoms with Gasteiger partial charge in [0.1, 0.15) is 0 Å². The summed E-state index contributed by atoms with van der Waals surface area (Å²) in [5.74, 6) is 0.234. The highest BCUT2D eigenvalue weighted by Crippen LogP contribution is 2.20. The molecule has 0 aliphatic carbocycles. The van der Waals surface area contributed by atoms with E-state index in [2.05, 4.69) is 9.88 Å². The highest BCUT2D eigenvalue weighted by atomic mass is 35.5. The molecule has 1 fully saturated rings. The largest absolute Gasteiger partial charge is 0.478 e. The Balaban J connectivity index is 1.98. The Kier molecular flexibility index (Phi) is 6.62. The lowest BCUT2D eigenvalue weighted by Gasteiger charge is -2.35. The third kappa shape index (κ3) is 4.80. The smallest absolute Gasteiger partial charge is 0.274 e. The molecule has 0 radical (unpaired) electrons. The lowest BCUT2D eigenvalue weighted by molar-refractivity contribution is 0.0518. The highest BCUT2D eigenvalue weighted by Gasteiger charge is 2.25. The Morgan fingerprint density at radius 2 is 2.04 bits per heavy atom. The number of nitrogens with zero attached hydrogens (tertiary/aromatic N) is 3. The molecular formula is C16H24ClN3O3. The molecule has 23 heavy (non-hydrogen) atoms. The maximum atomic E-state index is 12.6. The number of halogens is 1.